The molecule has 25 heavy (non-hydrogen) atoms. The maximum absolute atomic E-state index is 13.0. The van der Waals surface area contributed by atoms with Crippen molar-refractivity contribution in [2.45, 2.75) is 57.8 Å². The van der Waals surface area contributed by atoms with E-state index >= 15 is 0 Å². The molecule has 1 aromatic rings. The summed E-state index contributed by atoms with van der Waals surface area (Å²) < 4.78 is 5.80. The number of carbonyl (C=O) groups is 1. The summed E-state index contributed by atoms with van der Waals surface area (Å²) in [5.41, 5.74) is 2.54. The summed E-state index contributed by atoms with van der Waals surface area (Å²) in [5, 5.41) is 16.3. The second kappa shape index (κ2) is 7.85. The normalized spacial score (nSPS) is 24.6. The zero-order valence-electron chi connectivity index (χ0n) is 15.5. The second-order valence-corrected chi connectivity index (χ2v) is 7.34. The molecule has 2 atom stereocenters. The summed E-state index contributed by atoms with van der Waals surface area (Å²) in [6.07, 6.45) is 3.54. The van der Waals surface area contributed by atoms with E-state index in [1.165, 1.54) is 0 Å². The highest BCUT2D eigenvalue weighted by Crippen LogP contribution is 2.31. The van der Waals surface area contributed by atoms with Crippen LogP contribution in [0.4, 0.5) is 0 Å². The monoisotopic (exact) mass is 350 g/mol. The van der Waals surface area contributed by atoms with E-state index in [9.17, 15) is 4.79 Å². The van der Waals surface area contributed by atoms with Gasteiger partial charge in [-0.15, -0.1) is 0 Å². The number of aromatic amines is 1. The van der Waals surface area contributed by atoms with E-state index < -0.39 is 0 Å². The van der Waals surface area contributed by atoms with Crippen LogP contribution in [0, 0.1) is 0 Å². The SMILES string of the molecule is C[C@@H]1Cc2c(C(=O)N3CCC(N(C)CCCO)CC3)n[nH]c2[C@H](C)O1. The van der Waals surface area contributed by atoms with Crippen LogP contribution in [-0.2, 0) is 11.2 Å². The van der Waals surface area contributed by atoms with Gasteiger partial charge in [0.25, 0.3) is 5.91 Å². The third-order valence-corrected chi connectivity index (χ3v) is 5.48. The highest BCUT2D eigenvalue weighted by Gasteiger charge is 2.33. The molecule has 2 aliphatic heterocycles. The number of hydrogen-bond donors (Lipinski definition) is 2. The maximum Gasteiger partial charge on any atom is 0.274 e. The molecule has 1 amide bonds. The van der Waals surface area contributed by atoms with Crippen LogP contribution in [0.1, 0.15) is 61.0 Å². The molecule has 2 aliphatic rings. The molecule has 7 heteroatoms. The molecular formula is C18H30N4O3. The van der Waals surface area contributed by atoms with Crippen molar-refractivity contribution in [1.29, 1.82) is 0 Å². The van der Waals surface area contributed by atoms with Gasteiger partial charge in [0, 0.05) is 44.3 Å². The van der Waals surface area contributed by atoms with E-state index in [1.54, 1.807) is 0 Å². The standard InChI is InChI=1S/C18H30N4O3/c1-12-11-15-16(13(2)25-12)19-20-17(15)18(24)22-8-5-14(6-9-22)21(3)7-4-10-23/h12-14,23H,4-11H2,1-3H3,(H,19,20)/t12-,13+/m1/s1. The summed E-state index contributed by atoms with van der Waals surface area (Å²) in [4.78, 5) is 17.2. The lowest BCUT2D eigenvalue weighted by Gasteiger charge is -2.36. The minimum absolute atomic E-state index is 0.0373. The van der Waals surface area contributed by atoms with Crippen molar-refractivity contribution >= 4 is 5.91 Å². The van der Waals surface area contributed by atoms with Crippen LogP contribution >= 0.6 is 0 Å². The van der Waals surface area contributed by atoms with Crippen LogP contribution in [0.5, 0.6) is 0 Å². The lowest BCUT2D eigenvalue weighted by molar-refractivity contribution is -0.00703. The first-order valence-corrected chi connectivity index (χ1v) is 9.34. The molecule has 1 aromatic heterocycles. The highest BCUT2D eigenvalue weighted by molar-refractivity contribution is 5.94. The van der Waals surface area contributed by atoms with E-state index in [2.05, 4.69) is 22.1 Å². The number of aliphatic hydroxyl groups excluding tert-OH is 1. The average Bonchev–Trinajstić information content (AvgIpc) is 3.03. The number of aromatic nitrogens is 2. The smallest absolute Gasteiger partial charge is 0.274 e. The molecule has 1 fully saturated rings. The number of aliphatic hydroxyl groups is 1. The number of rotatable bonds is 5. The van der Waals surface area contributed by atoms with E-state index in [0.717, 1.165) is 56.6 Å². The first kappa shape index (κ1) is 18.4. The number of piperidine rings is 1. The Hall–Kier alpha value is -1.44. The van der Waals surface area contributed by atoms with Crippen LogP contribution in [0.25, 0.3) is 0 Å². The quantitative estimate of drug-likeness (QED) is 0.838. The lowest BCUT2D eigenvalue weighted by Crippen LogP contribution is -2.46. The van der Waals surface area contributed by atoms with Gasteiger partial charge in [-0.05, 0) is 40.2 Å². The van der Waals surface area contributed by atoms with Gasteiger partial charge < -0.3 is 19.6 Å². The zero-order chi connectivity index (χ0) is 18.0. The van der Waals surface area contributed by atoms with Gasteiger partial charge in [-0.2, -0.15) is 5.10 Å². The Labute approximate surface area is 149 Å². The van der Waals surface area contributed by atoms with Crippen molar-refractivity contribution in [1.82, 2.24) is 20.0 Å². The third-order valence-electron chi connectivity index (χ3n) is 5.48. The van der Waals surface area contributed by atoms with Gasteiger partial charge in [0.1, 0.15) is 0 Å². The highest BCUT2D eigenvalue weighted by atomic mass is 16.5. The fraction of sp³-hybridized carbons (Fsp3) is 0.778. The molecule has 7 nitrogen and oxygen atoms in total. The summed E-state index contributed by atoms with van der Waals surface area (Å²) in [6.45, 7) is 6.68. The van der Waals surface area contributed by atoms with Gasteiger partial charge in [0.15, 0.2) is 5.69 Å². The lowest BCUT2D eigenvalue weighted by atomic mass is 9.98. The Morgan fingerprint density at radius 2 is 2.12 bits per heavy atom. The largest absolute Gasteiger partial charge is 0.396 e. The predicted octanol–water partition coefficient (Wildman–Crippen LogP) is 1.35. The first-order valence-electron chi connectivity index (χ1n) is 9.34. The number of likely N-dealkylation sites (tertiary alicyclic amines) is 1. The number of nitrogens with zero attached hydrogens (tertiary/aromatic N) is 3. The number of carbonyl (C=O) groups excluding carboxylic acids is 1. The molecule has 3 heterocycles. The van der Waals surface area contributed by atoms with E-state index in [4.69, 9.17) is 9.84 Å². The number of nitrogens with one attached hydrogen (secondary N) is 1. The van der Waals surface area contributed by atoms with Crippen molar-refractivity contribution in [3.63, 3.8) is 0 Å². The summed E-state index contributed by atoms with van der Waals surface area (Å²) >= 11 is 0. The van der Waals surface area contributed by atoms with Crippen molar-refractivity contribution in [2.24, 2.45) is 0 Å². The Kier molecular flexibility index (Phi) is 5.76. The molecule has 1 saturated heterocycles. The Morgan fingerprint density at radius 1 is 1.40 bits per heavy atom. The predicted molar refractivity (Wildman–Crippen MR) is 94.5 cm³/mol. The Bertz CT molecular complexity index is 595. The molecule has 3 rings (SSSR count). The van der Waals surface area contributed by atoms with Gasteiger partial charge in [0.2, 0.25) is 0 Å². The van der Waals surface area contributed by atoms with Crippen molar-refractivity contribution in [3.8, 4) is 0 Å². The number of ether oxygens (including phenoxy) is 1. The molecule has 0 saturated carbocycles. The third kappa shape index (κ3) is 3.88. The first-order chi connectivity index (χ1) is 12.0. The fourth-order valence-corrected chi connectivity index (χ4v) is 4.01. The molecule has 0 aromatic carbocycles. The molecule has 0 radical (unpaired) electrons. The average molecular weight is 350 g/mol. The topological polar surface area (TPSA) is 81.7 Å². The molecule has 140 valence electrons. The minimum Gasteiger partial charge on any atom is -0.396 e. The number of hydrogen-bond acceptors (Lipinski definition) is 5. The molecule has 0 unspecified atom stereocenters. The minimum atomic E-state index is -0.0429. The van der Waals surface area contributed by atoms with Crippen molar-refractivity contribution in [3.05, 3.63) is 17.0 Å². The van der Waals surface area contributed by atoms with E-state index in [-0.39, 0.29) is 24.7 Å². The maximum atomic E-state index is 13.0. The van der Waals surface area contributed by atoms with Crippen molar-refractivity contribution in [2.75, 3.05) is 33.3 Å². The van der Waals surface area contributed by atoms with Crippen LogP contribution in [0.15, 0.2) is 0 Å². The summed E-state index contributed by atoms with van der Waals surface area (Å²) in [7, 11) is 2.10. The Balaban J connectivity index is 1.62. The number of fused-ring (bicyclic) bond motifs is 1. The summed E-state index contributed by atoms with van der Waals surface area (Å²) in [6, 6.07) is 0.483. The van der Waals surface area contributed by atoms with Crippen LogP contribution < -0.4 is 0 Å². The number of H-pyrrole nitrogens is 1. The molecular weight excluding hydrogens is 320 g/mol. The van der Waals surface area contributed by atoms with Crippen molar-refractivity contribution < 1.29 is 14.6 Å². The van der Waals surface area contributed by atoms with Gasteiger partial charge >= 0.3 is 0 Å². The van der Waals surface area contributed by atoms with Crippen LogP contribution in [0.3, 0.4) is 0 Å². The molecule has 0 spiro atoms. The van der Waals surface area contributed by atoms with Gasteiger partial charge in [-0.1, -0.05) is 0 Å². The zero-order valence-corrected chi connectivity index (χ0v) is 15.5. The Morgan fingerprint density at radius 3 is 2.80 bits per heavy atom. The van der Waals surface area contributed by atoms with Gasteiger partial charge in [-0.3, -0.25) is 9.89 Å². The van der Waals surface area contributed by atoms with Gasteiger partial charge in [-0.25, -0.2) is 0 Å². The van der Waals surface area contributed by atoms with Crippen LogP contribution in [0.2, 0.25) is 0 Å². The van der Waals surface area contributed by atoms with E-state index in [1.807, 2.05) is 18.7 Å². The second-order valence-electron chi connectivity index (χ2n) is 7.34. The molecule has 0 aliphatic carbocycles. The summed E-state index contributed by atoms with van der Waals surface area (Å²) in [5.74, 6) is 0.0373. The molecule has 0 bridgehead atoms. The van der Waals surface area contributed by atoms with Gasteiger partial charge in [0.05, 0.1) is 17.9 Å². The number of amides is 1. The molecule has 2 N–H and O–H groups in total. The van der Waals surface area contributed by atoms with Crippen LogP contribution in [-0.4, -0.2) is 76.4 Å². The fourth-order valence-electron chi connectivity index (χ4n) is 4.01. The van der Waals surface area contributed by atoms with E-state index in [0.29, 0.717) is 11.7 Å².